The minimum absolute atomic E-state index is 0.0395. The summed E-state index contributed by atoms with van der Waals surface area (Å²) in [6.45, 7) is 0. The highest BCUT2D eigenvalue weighted by molar-refractivity contribution is 5.79. The lowest BCUT2D eigenvalue weighted by atomic mass is 10.2. The number of nitrogens with two attached hydrogens (primary N) is 1. The summed E-state index contributed by atoms with van der Waals surface area (Å²) in [7, 11) is 0. The molecule has 1 aromatic heterocycles. The van der Waals surface area contributed by atoms with Gasteiger partial charge >= 0.3 is 0 Å². The third-order valence-corrected chi connectivity index (χ3v) is 1.89. The number of hydrazine groups is 1. The molecule has 0 saturated heterocycles. The van der Waals surface area contributed by atoms with E-state index in [9.17, 15) is 4.79 Å². The third kappa shape index (κ3) is 1.27. The van der Waals surface area contributed by atoms with Gasteiger partial charge in [0.05, 0.1) is 5.52 Å². The topological polar surface area (TPSA) is 70.9 Å². The molecule has 4 heteroatoms. The van der Waals surface area contributed by atoms with Crippen molar-refractivity contribution in [1.29, 1.82) is 0 Å². The van der Waals surface area contributed by atoms with Gasteiger partial charge in [0, 0.05) is 11.5 Å². The van der Waals surface area contributed by atoms with Crippen LogP contribution >= 0.6 is 0 Å². The first kappa shape index (κ1) is 7.82. The van der Waals surface area contributed by atoms with Crippen LogP contribution in [0.2, 0.25) is 0 Å². The SMILES string of the molecule is NNc1cc(=O)c2ccccc2[nH]1. The zero-order chi connectivity index (χ0) is 9.26. The molecule has 1 heterocycles. The quantitative estimate of drug-likeness (QED) is 0.443. The maximum Gasteiger partial charge on any atom is 0.191 e. The molecule has 0 atom stereocenters. The molecule has 4 N–H and O–H groups in total. The highest BCUT2D eigenvalue weighted by Gasteiger charge is 1.98. The molecular formula is C9H9N3O. The standard InChI is InChI=1S/C9H9N3O/c10-12-9-5-8(13)6-3-1-2-4-7(6)11-9/h1-5H,10H2,(H2,11,12,13). The van der Waals surface area contributed by atoms with E-state index in [1.807, 2.05) is 18.2 Å². The molecular weight excluding hydrogens is 166 g/mol. The first-order valence-corrected chi connectivity index (χ1v) is 3.90. The second-order valence-corrected chi connectivity index (χ2v) is 2.74. The highest BCUT2D eigenvalue weighted by Crippen LogP contribution is 2.08. The second kappa shape index (κ2) is 2.91. The van der Waals surface area contributed by atoms with Crippen molar-refractivity contribution in [3.63, 3.8) is 0 Å². The van der Waals surface area contributed by atoms with Crippen LogP contribution in [0.5, 0.6) is 0 Å². The minimum Gasteiger partial charge on any atom is -0.340 e. The summed E-state index contributed by atoms with van der Waals surface area (Å²) in [4.78, 5) is 14.4. The molecule has 4 nitrogen and oxygen atoms in total. The van der Waals surface area contributed by atoms with Gasteiger partial charge in [-0.1, -0.05) is 12.1 Å². The lowest BCUT2D eigenvalue weighted by Crippen LogP contribution is -2.12. The Morgan fingerprint density at radius 1 is 1.31 bits per heavy atom. The Hall–Kier alpha value is -1.81. The number of fused-ring (bicyclic) bond motifs is 1. The predicted octanol–water partition coefficient (Wildman–Crippen LogP) is 0.814. The number of nitrogen functional groups attached to an aromatic ring is 1. The van der Waals surface area contributed by atoms with Crippen molar-refractivity contribution in [1.82, 2.24) is 4.98 Å². The van der Waals surface area contributed by atoms with E-state index in [0.29, 0.717) is 11.2 Å². The number of nitrogens with one attached hydrogen (secondary N) is 2. The predicted molar refractivity (Wildman–Crippen MR) is 52.4 cm³/mol. The third-order valence-electron chi connectivity index (χ3n) is 1.89. The van der Waals surface area contributed by atoms with E-state index >= 15 is 0 Å². The van der Waals surface area contributed by atoms with E-state index in [4.69, 9.17) is 5.84 Å². The molecule has 0 aliphatic carbocycles. The molecule has 0 aliphatic rings. The normalized spacial score (nSPS) is 10.2. The lowest BCUT2D eigenvalue weighted by molar-refractivity contribution is 1.26. The van der Waals surface area contributed by atoms with E-state index in [0.717, 1.165) is 5.52 Å². The zero-order valence-electron chi connectivity index (χ0n) is 6.87. The molecule has 0 spiro atoms. The largest absolute Gasteiger partial charge is 0.340 e. The Labute approximate surface area is 74.4 Å². The second-order valence-electron chi connectivity index (χ2n) is 2.74. The van der Waals surface area contributed by atoms with Crippen LogP contribution in [0.15, 0.2) is 35.1 Å². The van der Waals surface area contributed by atoms with Crippen LogP contribution in [0.1, 0.15) is 0 Å². The van der Waals surface area contributed by atoms with Gasteiger partial charge in [-0.05, 0) is 12.1 Å². The van der Waals surface area contributed by atoms with E-state index < -0.39 is 0 Å². The van der Waals surface area contributed by atoms with Gasteiger partial charge < -0.3 is 10.4 Å². The summed E-state index contributed by atoms with van der Waals surface area (Å²) in [6, 6.07) is 8.72. The summed E-state index contributed by atoms with van der Waals surface area (Å²) in [5, 5.41) is 0.668. The minimum atomic E-state index is -0.0395. The summed E-state index contributed by atoms with van der Waals surface area (Å²) in [6.07, 6.45) is 0. The summed E-state index contributed by atoms with van der Waals surface area (Å²) in [5.74, 6) is 5.71. The smallest absolute Gasteiger partial charge is 0.191 e. The molecule has 2 aromatic rings. The van der Waals surface area contributed by atoms with Crippen LogP contribution in [0, 0.1) is 0 Å². The van der Waals surface area contributed by atoms with Crippen molar-refractivity contribution >= 4 is 16.7 Å². The highest BCUT2D eigenvalue weighted by atomic mass is 16.1. The molecule has 13 heavy (non-hydrogen) atoms. The van der Waals surface area contributed by atoms with Crippen molar-refractivity contribution in [2.24, 2.45) is 5.84 Å². The van der Waals surface area contributed by atoms with Gasteiger partial charge in [0.2, 0.25) is 0 Å². The molecule has 0 aliphatic heterocycles. The number of aromatic amines is 1. The molecule has 2 rings (SSSR count). The Morgan fingerprint density at radius 2 is 2.08 bits per heavy atom. The molecule has 0 fully saturated rings. The first-order valence-electron chi connectivity index (χ1n) is 3.90. The zero-order valence-corrected chi connectivity index (χ0v) is 6.87. The number of aromatic nitrogens is 1. The van der Waals surface area contributed by atoms with Gasteiger partial charge in [0.15, 0.2) is 5.43 Å². The monoisotopic (exact) mass is 175 g/mol. The van der Waals surface area contributed by atoms with Crippen LogP contribution in [0.4, 0.5) is 5.82 Å². The van der Waals surface area contributed by atoms with E-state index in [1.165, 1.54) is 6.07 Å². The number of anilines is 1. The Morgan fingerprint density at radius 3 is 2.85 bits per heavy atom. The maximum absolute atomic E-state index is 11.4. The van der Waals surface area contributed by atoms with Gasteiger partial charge in [0.1, 0.15) is 5.82 Å². The maximum atomic E-state index is 11.4. The van der Waals surface area contributed by atoms with Gasteiger partial charge in [-0.15, -0.1) is 0 Å². The van der Waals surface area contributed by atoms with Crippen LogP contribution in [0.25, 0.3) is 10.9 Å². The molecule has 0 bridgehead atoms. The van der Waals surface area contributed by atoms with Crippen LogP contribution in [0.3, 0.4) is 0 Å². The lowest BCUT2D eigenvalue weighted by Gasteiger charge is -2.01. The molecule has 0 saturated carbocycles. The summed E-state index contributed by atoms with van der Waals surface area (Å²) in [5.41, 5.74) is 3.15. The van der Waals surface area contributed by atoms with Gasteiger partial charge in [0.25, 0.3) is 0 Å². The molecule has 0 radical (unpaired) electrons. The number of hydrogen-bond donors (Lipinski definition) is 3. The Balaban J connectivity index is 2.85. The Bertz CT molecular complexity index is 489. The number of pyridine rings is 1. The van der Waals surface area contributed by atoms with E-state index in [1.54, 1.807) is 6.07 Å². The molecule has 1 aromatic carbocycles. The molecule has 0 unspecified atom stereocenters. The fraction of sp³-hybridized carbons (Fsp3) is 0. The van der Waals surface area contributed by atoms with Gasteiger partial charge in [-0.3, -0.25) is 4.79 Å². The molecule has 66 valence electrons. The molecule has 0 amide bonds. The fourth-order valence-electron chi connectivity index (χ4n) is 1.27. The summed E-state index contributed by atoms with van der Waals surface area (Å²) >= 11 is 0. The van der Waals surface area contributed by atoms with Crippen molar-refractivity contribution in [2.75, 3.05) is 5.43 Å². The number of para-hydroxylation sites is 1. The van der Waals surface area contributed by atoms with Crippen LogP contribution in [-0.4, -0.2) is 4.98 Å². The average molecular weight is 175 g/mol. The van der Waals surface area contributed by atoms with Crippen molar-refractivity contribution in [2.45, 2.75) is 0 Å². The van der Waals surface area contributed by atoms with E-state index in [2.05, 4.69) is 10.4 Å². The van der Waals surface area contributed by atoms with Crippen molar-refractivity contribution in [3.05, 3.63) is 40.6 Å². The first-order chi connectivity index (χ1) is 6.31. The number of hydrogen-bond acceptors (Lipinski definition) is 3. The Kier molecular flexibility index (Phi) is 1.75. The summed E-state index contributed by atoms with van der Waals surface area (Å²) < 4.78 is 0. The van der Waals surface area contributed by atoms with Gasteiger partial charge in [-0.25, -0.2) is 5.84 Å². The van der Waals surface area contributed by atoms with Crippen LogP contribution in [-0.2, 0) is 0 Å². The van der Waals surface area contributed by atoms with Gasteiger partial charge in [-0.2, -0.15) is 0 Å². The number of benzene rings is 1. The fourth-order valence-corrected chi connectivity index (χ4v) is 1.27. The number of rotatable bonds is 1. The van der Waals surface area contributed by atoms with E-state index in [-0.39, 0.29) is 5.43 Å². The van der Waals surface area contributed by atoms with Crippen LogP contribution < -0.4 is 16.7 Å². The van der Waals surface area contributed by atoms with Crippen molar-refractivity contribution < 1.29 is 0 Å². The number of H-pyrrole nitrogens is 1. The average Bonchev–Trinajstić information content (AvgIpc) is 2.18. The van der Waals surface area contributed by atoms with Crippen molar-refractivity contribution in [3.8, 4) is 0 Å².